The fourth-order valence-corrected chi connectivity index (χ4v) is 3.77. The van der Waals surface area contributed by atoms with Crippen LogP contribution in [0.3, 0.4) is 0 Å². The number of ketones is 1. The summed E-state index contributed by atoms with van der Waals surface area (Å²) in [6.07, 6.45) is 0.330. The molecule has 4 rings (SSSR count). The summed E-state index contributed by atoms with van der Waals surface area (Å²) >= 11 is 0. The normalized spacial score (nSPS) is 19.2. The van der Waals surface area contributed by atoms with E-state index in [1.165, 1.54) is 21.7 Å². The Hall–Kier alpha value is -2.07. The molecule has 2 atom stereocenters. The average molecular weight is 442 g/mol. The molecule has 160 valence electrons. The van der Waals surface area contributed by atoms with Crippen LogP contribution in [0.25, 0.3) is 0 Å². The number of benzene rings is 1. The Balaban J connectivity index is 0.00000171. The summed E-state index contributed by atoms with van der Waals surface area (Å²) in [5.41, 5.74) is -1.57. The van der Waals surface area contributed by atoms with Gasteiger partial charge < -0.3 is 19.3 Å². The molecule has 7 nitrogen and oxygen atoms in total. The van der Waals surface area contributed by atoms with Crippen LogP contribution in [0.1, 0.15) is 47.2 Å². The summed E-state index contributed by atoms with van der Waals surface area (Å²) in [5.74, 6) is -3.81. The van der Waals surface area contributed by atoms with Crippen molar-refractivity contribution in [1.29, 1.82) is 0 Å². The number of fused-ring (bicyclic) bond motifs is 2. The second-order valence-electron chi connectivity index (χ2n) is 7.21. The van der Waals surface area contributed by atoms with Gasteiger partial charge in [0, 0.05) is 18.7 Å². The van der Waals surface area contributed by atoms with Gasteiger partial charge in [0.1, 0.15) is 17.3 Å². The number of carbonyl (C=O) groups excluding carboxylic acids is 2. The van der Waals surface area contributed by atoms with Crippen LogP contribution in [0, 0.1) is 11.6 Å². The molecule has 0 aliphatic carbocycles. The summed E-state index contributed by atoms with van der Waals surface area (Å²) in [7, 11) is 0. The maximum atomic E-state index is 13.7. The van der Waals surface area contributed by atoms with Gasteiger partial charge in [-0.3, -0.25) is 14.4 Å². The van der Waals surface area contributed by atoms with E-state index < -0.39 is 40.7 Å². The van der Waals surface area contributed by atoms with E-state index in [4.69, 9.17) is 4.74 Å². The zero-order valence-corrected chi connectivity index (χ0v) is 18.5. The van der Waals surface area contributed by atoms with Crippen LogP contribution in [0.2, 0.25) is 0 Å². The van der Waals surface area contributed by atoms with Crippen LogP contribution in [0.5, 0.6) is 5.75 Å². The largest absolute Gasteiger partial charge is 1.00 e. The van der Waals surface area contributed by atoms with Gasteiger partial charge in [-0.25, -0.2) is 8.78 Å². The van der Waals surface area contributed by atoms with Gasteiger partial charge in [0.05, 0.1) is 24.8 Å². The second kappa shape index (κ2) is 9.60. The number of rotatable bonds is 4. The number of hydrogen-bond acceptors (Lipinski definition) is 5. The molecule has 0 radical (unpaired) electrons. The first-order chi connectivity index (χ1) is 13.8. The van der Waals surface area contributed by atoms with E-state index in [1.807, 2.05) is 0 Å². The fourth-order valence-electron chi connectivity index (χ4n) is 3.77. The number of hydrogen-bond donors (Lipinski definition) is 0. The standard InChI is InChI=1S/C20H18F2N2O5.CH4.Na/c1-10-9-29-16-8-23-7-13(18(26)19(27)17(23)20(28)24(10)16)15(25)5-3-11-2-4-12(21)6-14(11)22;;/h2,4,6-7,10,16,27H,3,5,8-9H2,1H3;1H4;/q;;+1/p-1/t10-,16+;;/m0../s1. The van der Waals surface area contributed by atoms with E-state index in [2.05, 4.69) is 0 Å². The van der Waals surface area contributed by atoms with Crippen LogP contribution in [-0.2, 0) is 17.7 Å². The summed E-state index contributed by atoms with van der Waals surface area (Å²) in [6.45, 7) is 2.23. The third kappa shape index (κ3) is 4.45. The molecular formula is C21H21F2N2NaO5. The topological polar surface area (TPSA) is 91.7 Å². The number of nitrogens with zero attached hydrogens (tertiary/aromatic N) is 2. The van der Waals surface area contributed by atoms with Crippen molar-refractivity contribution in [2.45, 2.75) is 46.0 Å². The van der Waals surface area contributed by atoms with Crippen molar-refractivity contribution in [3.05, 3.63) is 63.1 Å². The number of Topliss-reactive ketones (excluding diaryl/α,β-unsaturated/α-hetero) is 1. The maximum Gasteiger partial charge on any atom is 1.00 e. The Morgan fingerprint density at radius 3 is 2.68 bits per heavy atom. The minimum absolute atomic E-state index is 0. The van der Waals surface area contributed by atoms with Gasteiger partial charge in [-0.2, -0.15) is 0 Å². The third-order valence-corrected chi connectivity index (χ3v) is 5.28. The fraction of sp³-hybridized carbons (Fsp3) is 0.381. The molecule has 1 aromatic carbocycles. The van der Waals surface area contributed by atoms with Crippen molar-refractivity contribution < 1.29 is 57.8 Å². The van der Waals surface area contributed by atoms with E-state index in [0.29, 0.717) is 12.7 Å². The molecule has 3 heterocycles. The average Bonchev–Trinajstić information content (AvgIpc) is 3.04. The minimum Gasteiger partial charge on any atom is -0.868 e. The van der Waals surface area contributed by atoms with E-state index in [0.717, 1.165) is 6.07 Å². The molecule has 10 heteroatoms. The van der Waals surface area contributed by atoms with Gasteiger partial charge in [-0.05, 0) is 30.7 Å². The molecule has 1 fully saturated rings. The molecule has 2 aliphatic rings. The van der Waals surface area contributed by atoms with Crippen molar-refractivity contribution in [3.8, 4) is 5.75 Å². The summed E-state index contributed by atoms with van der Waals surface area (Å²) < 4.78 is 33.6. The molecule has 31 heavy (non-hydrogen) atoms. The summed E-state index contributed by atoms with van der Waals surface area (Å²) in [4.78, 5) is 39.1. The molecule has 0 N–H and O–H groups in total. The molecule has 0 saturated carbocycles. The summed E-state index contributed by atoms with van der Waals surface area (Å²) in [5, 5.41) is 12.5. The van der Waals surface area contributed by atoms with Crippen LogP contribution in [0.4, 0.5) is 8.78 Å². The van der Waals surface area contributed by atoms with Crippen molar-refractivity contribution >= 4 is 11.7 Å². The van der Waals surface area contributed by atoms with Gasteiger partial charge >= 0.3 is 29.6 Å². The smallest absolute Gasteiger partial charge is 0.868 e. The van der Waals surface area contributed by atoms with Gasteiger partial charge in [-0.15, -0.1) is 0 Å². The number of carbonyl (C=O) groups is 2. The van der Waals surface area contributed by atoms with Gasteiger partial charge in [-0.1, -0.05) is 13.5 Å². The zero-order chi connectivity index (χ0) is 20.9. The Morgan fingerprint density at radius 2 is 2.00 bits per heavy atom. The van der Waals surface area contributed by atoms with Crippen LogP contribution < -0.4 is 40.1 Å². The monoisotopic (exact) mass is 442 g/mol. The molecule has 2 aromatic rings. The molecular weight excluding hydrogens is 421 g/mol. The Labute approximate surface area is 199 Å². The minimum atomic E-state index is -1.06. The van der Waals surface area contributed by atoms with Crippen LogP contribution >= 0.6 is 0 Å². The Morgan fingerprint density at radius 1 is 1.29 bits per heavy atom. The second-order valence-corrected chi connectivity index (χ2v) is 7.21. The number of amides is 1. The predicted molar refractivity (Wildman–Crippen MR) is 101 cm³/mol. The number of ether oxygens (including phenoxy) is 1. The van der Waals surface area contributed by atoms with Gasteiger partial charge in [0.25, 0.3) is 5.91 Å². The Kier molecular flexibility index (Phi) is 7.80. The SMILES string of the molecule is C.C[C@H]1CO[C@@H]2Cn3cc(C(=O)CCc4ccc(F)cc4F)c(=O)c([O-])c3C(=O)N12.[Na+]. The van der Waals surface area contributed by atoms with Crippen molar-refractivity contribution in [1.82, 2.24) is 9.47 Å². The molecule has 0 spiro atoms. The number of pyridine rings is 1. The number of aromatic nitrogens is 1. The van der Waals surface area contributed by atoms with Crippen molar-refractivity contribution in [2.75, 3.05) is 6.61 Å². The quantitative estimate of drug-likeness (QED) is 0.441. The predicted octanol–water partition coefficient (Wildman–Crippen LogP) is -1.14. The molecule has 1 amide bonds. The van der Waals surface area contributed by atoms with Crippen LogP contribution in [-0.4, -0.2) is 40.0 Å². The first-order valence-corrected chi connectivity index (χ1v) is 9.13. The molecule has 2 aliphatic heterocycles. The molecule has 0 unspecified atom stereocenters. The van der Waals surface area contributed by atoms with Crippen molar-refractivity contribution in [3.63, 3.8) is 0 Å². The number of aryl methyl sites for hydroxylation is 1. The first-order valence-electron chi connectivity index (χ1n) is 9.13. The first kappa shape index (κ1) is 25.2. The molecule has 1 aromatic heterocycles. The van der Waals surface area contributed by atoms with E-state index in [-0.39, 0.29) is 79.2 Å². The van der Waals surface area contributed by atoms with Crippen LogP contribution in [0.15, 0.2) is 29.2 Å². The van der Waals surface area contributed by atoms with Gasteiger partial charge in [0.2, 0.25) is 0 Å². The van der Waals surface area contributed by atoms with E-state index in [1.54, 1.807) is 6.92 Å². The zero-order valence-electron chi connectivity index (χ0n) is 16.5. The van der Waals surface area contributed by atoms with E-state index >= 15 is 0 Å². The van der Waals surface area contributed by atoms with Gasteiger partial charge in [0.15, 0.2) is 17.4 Å². The van der Waals surface area contributed by atoms with Crippen molar-refractivity contribution in [2.24, 2.45) is 0 Å². The Bertz CT molecular complexity index is 1090. The third-order valence-electron chi connectivity index (χ3n) is 5.28. The summed E-state index contributed by atoms with van der Waals surface area (Å²) in [6, 6.07) is 2.79. The molecule has 0 bridgehead atoms. The number of halogens is 2. The maximum absolute atomic E-state index is 13.7. The van der Waals surface area contributed by atoms with E-state index in [9.17, 15) is 28.3 Å². The molecule has 1 saturated heterocycles.